The smallest absolute Gasteiger partial charge is 0.162 e. The van der Waals surface area contributed by atoms with Gasteiger partial charge in [-0.25, -0.2) is 14.4 Å². The predicted molar refractivity (Wildman–Crippen MR) is 127 cm³/mol. The lowest BCUT2D eigenvalue weighted by Crippen LogP contribution is -2.45. The number of nitrogens with zero attached hydrogens (tertiary/aromatic N) is 3. The second-order valence-corrected chi connectivity index (χ2v) is 8.28. The second-order valence-electron chi connectivity index (χ2n) is 7.87. The molecule has 0 amide bonds. The lowest BCUT2D eigenvalue weighted by molar-refractivity contribution is -0.0102. The molecule has 0 radical (unpaired) electrons. The molecule has 176 valence electrons. The quantitative estimate of drug-likeness (QED) is 0.435. The lowest BCUT2D eigenvalue weighted by Gasteiger charge is -2.34. The number of morpholine rings is 1. The maximum atomic E-state index is 13.5. The molecule has 1 saturated heterocycles. The Morgan fingerprint density at radius 1 is 1.24 bits per heavy atom. The number of anilines is 2. The van der Waals surface area contributed by atoms with Crippen molar-refractivity contribution in [3.8, 4) is 11.5 Å². The Labute approximate surface area is 197 Å². The number of ether oxygens (including phenoxy) is 3. The number of hydrogen-bond acceptors (Lipinski definition) is 7. The van der Waals surface area contributed by atoms with Crippen LogP contribution in [-0.4, -0.2) is 60.9 Å². The van der Waals surface area contributed by atoms with E-state index in [-0.39, 0.29) is 5.02 Å². The highest BCUT2D eigenvalue weighted by Crippen LogP contribution is 2.35. The van der Waals surface area contributed by atoms with Crippen molar-refractivity contribution in [1.29, 1.82) is 0 Å². The minimum Gasteiger partial charge on any atom is -0.493 e. The van der Waals surface area contributed by atoms with Crippen LogP contribution < -0.4 is 14.8 Å². The normalized spacial score (nSPS) is 16.7. The van der Waals surface area contributed by atoms with E-state index in [1.165, 1.54) is 18.5 Å². The van der Waals surface area contributed by atoms with Crippen molar-refractivity contribution in [1.82, 2.24) is 14.9 Å². The van der Waals surface area contributed by atoms with E-state index in [0.29, 0.717) is 41.2 Å². The van der Waals surface area contributed by atoms with E-state index in [4.69, 9.17) is 25.8 Å². The van der Waals surface area contributed by atoms with Gasteiger partial charge in [-0.3, -0.25) is 4.90 Å². The predicted octanol–water partition coefficient (Wildman–Crippen LogP) is 5.05. The fourth-order valence-corrected chi connectivity index (χ4v) is 4.14. The molecule has 7 nitrogen and oxygen atoms in total. The van der Waals surface area contributed by atoms with Gasteiger partial charge in [0.1, 0.15) is 18.0 Å². The Morgan fingerprint density at radius 2 is 2.12 bits per heavy atom. The van der Waals surface area contributed by atoms with Crippen molar-refractivity contribution >= 4 is 34.0 Å². The second kappa shape index (κ2) is 11.0. The van der Waals surface area contributed by atoms with Crippen LogP contribution in [0.2, 0.25) is 5.02 Å². The van der Waals surface area contributed by atoms with Gasteiger partial charge in [0.15, 0.2) is 11.5 Å². The molecule has 0 unspecified atom stereocenters. The number of rotatable bonds is 9. The zero-order valence-electron chi connectivity index (χ0n) is 18.8. The minimum atomic E-state index is -0.475. The molecule has 2 heterocycles. The van der Waals surface area contributed by atoms with Gasteiger partial charge >= 0.3 is 0 Å². The van der Waals surface area contributed by atoms with Crippen LogP contribution in [0.15, 0.2) is 36.7 Å². The average Bonchev–Trinajstić information content (AvgIpc) is 2.84. The van der Waals surface area contributed by atoms with Crippen molar-refractivity contribution in [2.75, 3.05) is 45.3 Å². The Balaban J connectivity index is 1.49. The lowest BCUT2D eigenvalue weighted by atomic mass is 10.1. The number of benzene rings is 2. The van der Waals surface area contributed by atoms with Gasteiger partial charge < -0.3 is 19.5 Å². The van der Waals surface area contributed by atoms with Crippen molar-refractivity contribution in [2.24, 2.45) is 0 Å². The van der Waals surface area contributed by atoms with Gasteiger partial charge in [0.25, 0.3) is 0 Å². The fourth-order valence-electron chi connectivity index (χ4n) is 3.96. The molecular weight excluding hydrogens is 447 g/mol. The van der Waals surface area contributed by atoms with Crippen molar-refractivity contribution in [3.63, 3.8) is 0 Å². The average molecular weight is 475 g/mol. The molecule has 0 aliphatic carbocycles. The maximum Gasteiger partial charge on any atom is 0.162 e. The molecule has 0 spiro atoms. The Morgan fingerprint density at radius 3 is 2.91 bits per heavy atom. The van der Waals surface area contributed by atoms with Gasteiger partial charge in [-0.15, -0.1) is 0 Å². The Bertz CT molecular complexity index is 1100. The molecule has 33 heavy (non-hydrogen) atoms. The van der Waals surface area contributed by atoms with Crippen LogP contribution >= 0.6 is 11.6 Å². The highest BCUT2D eigenvalue weighted by atomic mass is 35.5. The van der Waals surface area contributed by atoms with E-state index in [1.807, 2.05) is 12.1 Å². The third kappa shape index (κ3) is 5.63. The number of hydrogen-bond donors (Lipinski definition) is 1. The first-order valence-corrected chi connectivity index (χ1v) is 11.5. The highest BCUT2D eigenvalue weighted by Gasteiger charge is 2.20. The number of fused-ring (bicyclic) bond motifs is 1. The standard InChI is InChI=1S/C24H28ClFN4O3/c1-3-17-14-32-10-8-30(17)7-4-9-33-23-12-18-21(13-22(23)31-2)27-15-28-24(18)29-16-5-6-20(26)19(25)11-16/h5-6,11-13,15,17H,3-4,7-10,14H2,1-2H3,(H,27,28,29)/t17-/m1/s1. The number of halogens is 2. The number of aromatic nitrogens is 2. The van der Waals surface area contributed by atoms with Crippen LogP contribution in [0.3, 0.4) is 0 Å². The molecule has 1 aliphatic rings. The van der Waals surface area contributed by atoms with E-state index in [1.54, 1.807) is 13.2 Å². The summed E-state index contributed by atoms with van der Waals surface area (Å²) in [5.74, 6) is 1.32. The largest absolute Gasteiger partial charge is 0.493 e. The minimum absolute atomic E-state index is 0.0367. The summed E-state index contributed by atoms with van der Waals surface area (Å²) in [6, 6.07) is 8.59. The highest BCUT2D eigenvalue weighted by molar-refractivity contribution is 6.31. The molecular formula is C24H28ClFN4O3. The monoisotopic (exact) mass is 474 g/mol. The zero-order valence-corrected chi connectivity index (χ0v) is 19.6. The molecule has 9 heteroatoms. The number of nitrogens with one attached hydrogen (secondary N) is 1. The molecule has 3 aromatic rings. The van der Waals surface area contributed by atoms with E-state index in [2.05, 4.69) is 27.1 Å². The Kier molecular flexibility index (Phi) is 7.80. The summed E-state index contributed by atoms with van der Waals surface area (Å²) in [7, 11) is 1.61. The van der Waals surface area contributed by atoms with Crippen molar-refractivity contribution < 1.29 is 18.6 Å². The topological polar surface area (TPSA) is 68.7 Å². The summed E-state index contributed by atoms with van der Waals surface area (Å²) in [5.41, 5.74) is 1.32. The van der Waals surface area contributed by atoms with Crippen LogP contribution in [0, 0.1) is 5.82 Å². The molecule has 1 atom stereocenters. The summed E-state index contributed by atoms with van der Waals surface area (Å²) in [6.45, 7) is 6.24. The molecule has 1 aliphatic heterocycles. The first kappa shape index (κ1) is 23.5. The van der Waals surface area contributed by atoms with Crippen LogP contribution in [0.4, 0.5) is 15.9 Å². The van der Waals surface area contributed by atoms with Gasteiger partial charge in [0.2, 0.25) is 0 Å². The molecule has 1 aromatic heterocycles. The fraction of sp³-hybridized carbons (Fsp3) is 0.417. The van der Waals surface area contributed by atoms with Crippen LogP contribution in [0.25, 0.3) is 10.9 Å². The SMILES string of the molecule is CC[C@@H]1COCCN1CCCOc1cc2c(Nc3ccc(F)c(Cl)c3)ncnc2cc1OC. The van der Waals surface area contributed by atoms with E-state index < -0.39 is 5.82 Å². The molecule has 0 saturated carbocycles. The van der Waals surface area contributed by atoms with E-state index in [9.17, 15) is 4.39 Å². The molecule has 2 aromatic carbocycles. The molecule has 1 fully saturated rings. The molecule has 1 N–H and O–H groups in total. The van der Waals surface area contributed by atoms with Gasteiger partial charge in [-0.05, 0) is 37.1 Å². The zero-order chi connectivity index (χ0) is 23.2. The summed E-state index contributed by atoms with van der Waals surface area (Å²) < 4.78 is 30.7. The summed E-state index contributed by atoms with van der Waals surface area (Å²) in [6.07, 6.45) is 3.43. The Hall–Kier alpha value is -2.68. The number of methoxy groups -OCH3 is 1. The summed E-state index contributed by atoms with van der Waals surface area (Å²) >= 11 is 5.91. The third-order valence-electron chi connectivity index (χ3n) is 5.77. The summed E-state index contributed by atoms with van der Waals surface area (Å²) in [4.78, 5) is 11.2. The van der Waals surface area contributed by atoms with Gasteiger partial charge in [0, 0.05) is 36.3 Å². The molecule has 4 rings (SSSR count). The first-order valence-electron chi connectivity index (χ1n) is 11.1. The van der Waals surface area contributed by atoms with E-state index in [0.717, 1.165) is 44.5 Å². The third-order valence-corrected chi connectivity index (χ3v) is 6.06. The summed E-state index contributed by atoms with van der Waals surface area (Å²) in [5, 5.41) is 3.98. The van der Waals surface area contributed by atoms with E-state index >= 15 is 0 Å². The van der Waals surface area contributed by atoms with Crippen molar-refractivity contribution in [2.45, 2.75) is 25.8 Å². The van der Waals surface area contributed by atoms with Gasteiger partial charge in [-0.2, -0.15) is 0 Å². The van der Waals surface area contributed by atoms with Crippen LogP contribution in [0.5, 0.6) is 11.5 Å². The molecule has 0 bridgehead atoms. The van der Waals surface area contributed by atoms with Gasteiger partial charge in [0.05, 0.1) is 37.5 Å². The van der Waals surface area contributed by atoms with Crippen LogP contribution in [0.1, 0.15) is 19.8 Å². The van der Waals surface area contributed by atoms with Gasteiger partial charge in [-0.1, -0.05) is 18.5 Å². The van der Waals surface area contributed by atoms with Crippen molar-refractivity contribution in [3.05, 3.63) is 47.5 Å². The first-order chi connectivity index (χ1) is 16.1. The maximum absolute atomic E-state index is 13.5. The van der Waals surface area contributed by atoms with Crippen LogP contribution in [-0.2, 0) is 4.74 Å².